The van der Waals surface area contributed by atoms with Crippen molar-refractivity contribution >= 4 is 44.6 Å². The van der Waals surface area contributed by atoms with Crippen molar-refractivity contribution in [2.75, 3.05) is 70.9 Å². The first-order valence-corrected chi connectivity index (χ1v) is 13.3. The highest BCUT2D eigenvalue weighted by atomic mass is 32.1. The molecule has 0 spiro atoms. The van der Waals surface area contributed by atoms with E-state index in [1.807, 2.05) is 4.90 Å². The molecular weight excluding hydrogens is 456 g/mol. The first-order chi connectivity index (χ1) is 16.2. The number of hydrogen-bond donors (Lipinski definition) is 1. The van der Waals surface area contributed by atoms with Crippen LogP contribution < -0.4 is 5.32 Å². The van der Waals surface area contributed by atoms with Gasteiger partial charge in [-0.25, -0.2) is 9.97 Å². The van der Waals surface area contributed by atoms with Gasteiger partial charge in [-0.05, 0) is 11.4 Å². The summed E-state index contributed by atoms with van der Waals surface area (Å²) in [6, 6.07) is 4.25. The lowest BCUT2D eigenvalue weighted by atomic mass is 10.2. The Morgan fingerprint density at radius 1 is 1.09 bits per heavy atom. The minimum absolute atomic E-state index is 0.169. The van der Waals surface area contributed by atoms with E-state index < -0.39 is 0 Å². The average Bonchev–Trinajstić information content (AvgIpc) is 3.50. The number of carbonyl (C=O) groups excluding carboxylic acids is 1. The molecule has 8 nitrogen and oxygen atoms in total. The van der Waals surface area contributed by atoms with Gasteiger partial charge in [-0.2, -0.15) is 0 Å². The third-order valence-corrected chi connectivity index (χ3v) is 8.05. The van der Waals surface area contributed by atoms with Crippen molar-refractivity contribution < 1.29 is 9.53 Å². The Morgan fingerprint density at radius 3 is 2.64 bits per heavy atom. The highest BCUT2D eigenvalue weighted by Gasteiger charge is 2.20. The molecule has 3 aromatic heterocycles. The minimum Gasteiger partial charge on any atom is -0.379 e. The van der Waals surface area contributed by atoms with E-state index in [1.54, 1.807) is 29.6 Å². The summed E-state index contributed by atoms with van der Waals surface area (Å²) in [5.41, 5.74) is 1.21. The third kappa shape index (κ3) is 5.36. The van der Waals surface area contributed by atoms with Crippen LogP contribution in [0.25, 0.3) is 20.7 Å². The normalized spacial score (nSPS) is 18.2. The molecule has 0 saturated carbocycles. The number of carbonyl (C=O) groups is 1. The third-order valence-electron chi connectivity index (χ3n) is 6.27. The number of hydrogen-bond acceptors (Lipinski definition) is 9. The molecule has 10 heteroatoms. The van der Waals surface area contributed by atoms with Gasteiger partial charge in [-0.3, -0.25) is 14.6 Å². The number of piperazine rings is 1. The van der Waals surface area contributed by atoms with Crippen molar-refractivity contribution in [3.05, 3.63) is 28.7 Å². The molecule has 0 aliphatic carbocycles. The molecule has 176 valence electrons. The van der Waals surface area contributed by atoms with Crippen LogP contribution in [0, 0.1) is 0 Å². The molecule has 5 heterocycles. The lowest BCUT2D eigenvalue weighted by molar-refractivity contribution is -0.130. The second-order valence-corrected chi connectivity index (χ2v) is 10.3. The van der Waals surface area contributed by atoms with Gasteiger partial charge in [0.25, 0.3) is 0 Å². The number of fused-ring (bicyclic) bond motifs is 1. The van der Waals surface area contributed by atoms with Crippen molar-refractivity contribution in [2.24, 2.45) is 0 Å². The lowest BCUT2D eigenvalue weighted by Gasteiger charge is -2.34. The fraction of sp³-hybridized carbons (Fsp3) is 0.522. The van der Waals surface area contributed by atoms with Crippen LogP contribution in [0.2, 0.25) is 0 Å². The molecule has 33 heavy (non-hydrogen) atoms. The Hall–Kier alpha value is -2.11. The second-order valence-electron chi connectivity index (χ2n) is 8.46. The fourth-order valence-electron chi connectivity index (χ4n) is 4.38. The van der Waals surface area contributed by atoms with Crippen LogP contribution >= 0.6 is 22.7 Å². The summed E-state index contributed by atoms with van der Waals surface area (Å²) < 4.78 is 5.49. The van der Waals surface area contributed by atoms with Crippen LogP contribution in [0.15, 0.2) is 22.9 Å². The number of rotatable bonds is 7. The van der Waals surface area contributed by atoms with Crippen molar-refractivity contribution in [3.8, 4) is 10.4 Å². The van der Waals surface area contributed by atoms with Crippen LogP contribution in [0.3, 0.4) is 0 Å². The van der Waals surface area contributed by atoms with E-state index in [-0.39, 0.29) is 5.91 Å². The first-order valence-electron chi connectivity index (χ1n) is 11.5. The Morgan fingerprint density at radius 2 is 1.91 bits per heavy atom. The molecule has 1 N–H and O–H groups in total. The van der Waals surface area contributed by atoms with Gasteiger partial charge in [0.15, 0.2) is 0 Å². The molecule has 0 unspecified atom stereocenters. The average molecular weight is 487 g/mol. The number of nitrogens with one attached hydrogen (secondary N) is 1. The lowest BCUT2D eigenvalue weighted by Crippen LogP contribution is -2.49. The molecule has 0 bridgehead atoms. The number of aromatic nitrogens is 2. The molecule has 2 aliphatic rings. The second kappa shape index (κ2) is 10.4. The van der Waals surface area contributed by atoms with Gasteiger partial charge in [0.1, 0.15) is 16.5 Å². The zero-order chi connectivity index (χ0) is 22.6. The number of amides is 1. The molecule has 0 aromatic carbocycles. The van der Waals surface area contributed by atoms with Crippen LogP contribution in [0.5, 0.6) is 0 Å². The molecule has 2 aliphatic heterocycles. The predicted molar refractivity (Wildman–Crippen MR) is 134 cm³/mol. The van der Waals surface area contributed by atoms with Crippen LogP contribution in [0.4, 0.5) is 5.82 Å². The van der Waals surface area contributed by atoms with E-state index in [2.05, 4.69) is 38.0 Å². The summed E-state index contributed by atoms with van der Waals surface area (Å²) >= 11 is 3.44. The molecule has 2 fully saturated rings. The van der Waals surface area contributed by atoms with Gasteiger partial charge in [-0.15, -0.1) is 22.7 Å². The van der Waals surface area contributed by atoms with Gasteiger partial charge in [0.2, 0.25) is 5.91 Å². The maximum Gasteiger partial charge on any atom is 0.219 e. The zero-order valence-corrected chi connectivity index (χ0v) is 20.6. The van der Waals surface area contributed by atoms with E-state index in [1.165, 1.54) is 10.4 Å². The smallest absolute Gasteiger partial charge is 0.219 e. The number of morpholine rings is 1. The van der Waals surface area contributed by atoms with E-state index in [9.17, 15) is 4.79 Å². The van der Waals surface area contributed by atoms with Gasteiger partial charge < -0.3 is 15.0 Å². The van der Waals surface area contributed by atoms with Crippen LogP contribution in [-0.4, -0.2) is 96.1 Å². The van der Waals surface area contributed by atoms with Crippen LogP contribution in [0.1, 0.15) is 12.7 Å². The fourth-order valence-corrected chi connectivity index (χ4v) is 6.16. The monoisotopic (exact) mass is 486 g/mol. The van der Waals surface area contributed by atoms with Crippen molar-refractivity contribution in [1.29, 1.82) is 0 Å². The summed E-state index contributed by atoms with van der Waals surface area (Å²) in [4.78, 5) is 30.5. The van der Waals surface area contributed by atoms with Crippen LogP contribution in [-0.2, 0) is 16.1 Å². The minimum atomic E-state index is 0.169. The summed E-state index contributed by atoms with van der Waals surface area (Å²) in [6.07, 6.45) is 0. The van der Waals surface area contributed by atoms with E-state index in [0.717, 1.165) is 94.0 Å². The Balaban J connectivity index is 1.33. The first kappa shape index (κ1) is 22.7. The highest BCUT2D eigenvalue weighted by Crippen LogP contribution is 2.39. The largest absolute Gasteiger partial charge is 0.379 e. The summed E-state index contributed by atoms with van der Waals surface area (Å²) in [5, 5.41) is 9.07. The Kier molecular flexibility index (Phi) is 7.17. The summed E-state index contributed by atoms with van der Waals surface area (Å²) in [5.74, 6) is 1.96. The molecule has 3 aromatic rings. The number of ether oxygens (including phenoxy) is 1. The standard InChI is InChI=1S/C23H30N6O2S2/c1-17(30)29-8-6-27(7-9-29)5-4-24-22-21-18(19-3-2-14-32-19)16-33-23(21)26-20(25-22)15-28-10-12-31-13-11-28/h2-3,14,16H,4-13,15H2,1H3,(H,24,25,26). The maximum absolute atomic E-state index is 11.6. The van der Waals surface area contributed by atoms with Crippen molar-refractivity contribution in [3.63, 3.8) is 0 Å². The van der Waals surface area contributed by atoms with E-state index in [0.29, 0.717) is 0 Å². The van der Waals surface area contributed by atoms with Crippen molar-refractivity contribution in [1.82, 2.24) is 24.7 Å². The number of anilines is 1. The topological polar surface area (TPSA) is 73.8 Å². The Bertz CT molecular complexity index is 1070. The molecule has 5 rings (SSSR count). The van der Waals surface area contributed by atoms with Gasteiger partial charge >= 0.3 is 0 Å². The number of nitrogens with zero attached hydrogens (tertiary/aromatic N) is 5. The molecule has 0 radical (unpaired) electrons. The highest BCUT2D eigenvalue weighted by molar-refractivity contribution is 7.18. The van der Waals surface area contributed by atoms with E-state index in [4.69, 9.17) is 14.7 Å². The Labute approximate surface area is 202 Å². The zero-order valence-electron chi connectivity index (χ0n) is 19.0. The predicted octanol–water partition coefficient (Wildman–Crippen LogP) is 2.83. The SMILES string of the molecule is CC(=O)N1CCN(CCNc2nc(CN3CCOCC3)nc3scc(-c4cccs4)c23)CC1. The van der Waals surface area contributed by atoms with E-state index >= 15 is 0 Å². The summed E-state index contributed by atoms with van der Waals surface area (Å²) in [6.45, 7) is 11.0. The summed E-state index contributed by atoms with van der Waals surface area (Å²) in [7, 11) is 0. The molecule has 0 atom stereocenters. The molecule has 2 saturated heterocycles. The molecular formula is C23H30N6O2S2. The van der Waals surface area contributed by atoms with Gasteiger partial charge in [0, 0.05) is 75.1 Å². The maximum atomic E-state index is 11.6. The molecule has 1 amide bonds. The van der Waals surface area contributed by atoms with Crippen molar-refractivity contribution in [2.45, 2.75) is 13.5 Å². The van der Waals surface area contributed by atoms with Gasteiger partial charge in [0.05, 0.1) is 25.1 Å². The quantitative estimate of drug-likeness (QED) is 0.551. The van der Waals surface area contributed by atoms with Gasteiger partial charge in [-0.1, -0.05) is 6.07 Å². The number of thiophene rings is 2.